The molecule has 1 aliphatic carbocycles. The minimum absolute atomic E-state index is 0. The second kappa shape index (κ2) is 10.2. The maximum Gasteiger partial charge on any atom is 0.191 e. The Morgan fingerprint density at radius 3 is 2.58 bits per heavy atom. The van der Waals surface area contributed by atoms with E-state index in [9.17, 15) is 0 Å². The van der Waals surface area contributed by atoms with Crippen LogP contribution in [0.3, 0.4) is 0 Å². The summed E-state index contributed by atoms with van der Waals surface area (Å²) in [7, 11) is 0. The van der Waals surface area contributed by atoms with Gasteiger partial charge in [0.15, 0.2) is 5.96 Å². The minimum Gasteiger partial charge on any atom is -0.379 e. The molecule has 134 valence electrons. The SMILES string of the molecule is CCNC(=NCC(c1ccccc1)N1CCOCC1)NC1CC1.I. The van der Waals surface area contributed by atoms with Gasteiger partial charge >= 0.3 is 0 Å². The highest BCUT2D eigenvalue weighted by Crippen LogP contribution is 2.22. The van der Waals surface area contributed by atoms with Gasteiger partial charge in [0.05, 0.1) is 25.8 Å². The molecule has 6 heteroatoms. The summed E-state index contributed by atoms with van der Waals surface area (Å²) in [5.74, 6) is 0.948. The molecule has 1 heterocycles. The smallest absolute Gasteiger partial charge is 0.191 e. The fourth-order valence-electron chi connectivity index (χ4n) is 2.91. The number of nitrogens with one attached hydrogen (secondary N) is 2. The quantitative estimate of drug-likeness (QED) is 0.402. The van der Waals surface area contributed by atoms with Crippen LogP contribution in [0.25, 0.3) is 0 Å². The van der Waals surface area contributed by atoms with Crippen LogP contribution >= 0.6 is 24.0 Å². The van der Waals surface area contributed by atoms with Crippen molar-refractivity contribution in [1.29, 1.82) is 0 Å². The predicted octanol–water partition coefficient (Wildman–Crippen LogP) is 2.40. The van der Waals surface area contributed by atoms with E-state index in [0.717, 1.165) is 45.4 Å². The van der Waals surface area contributed by atoms with Crippen LogP contribution in [0.2, 0.25) is 0 Å². The molecule has 1 unspecified atom stereocenters. The van der Waals surface area contributed by atoms with Crippen molar-refractivity contribution < 1.29 is 4.74 Å². The lowest BCUT2D eigenvalue weighted by Gasteiger charge is -2.34. The molecule has 2 aliphatic rings. The number of aliphatic imine (C=N–C) groups is 1. The second-order valence-electron chi connectivity index (χ2n) is 6.21. The summed E-state index contributed by atoms with van der Waals surface area (Å²) in [5, 5.41) is 6.86. The third-order valence-corrected chi connectivity index (χ3v) is 4.36. The Labute approximate surface area is 162 Å². The Morgan fingerprint density at radius 2 is 1.96 bits per heavy atom. The molecule has 2 N–H and O–H groups in total. The largest absolute Gasteiger partial charge is 0.379 e. The fraction of sp³-hybridized carbons (Fsp3) is 0.611. The van der Waals surface area contributed by atoms with Gasteiger partial charge in [-0.2, -0.15) is 0 Å². The molecule has 5 nitrogen and oxygen atoms in total. The topological polar surface area (TPSA) is 48.9 Å². The maximum absolute atomic E-state index is 5.51. The number of ether oxygens (including phenoxy) is 1. The van der Waals surface area contributed by atoms with Crippen LogP contribution in [0.1, 0.15) is 31.4 Å². The lowest BCUT2D eigenvalue weighted by molar-refractivity contribution is 0.0179. The normalized spacial score (nSPS) is 20.1. The molecule has 1 aliphatic heterocycles. The van der Waals surface area contributed by atoms with E-state index in [1.54, 1.807) is 0 Å². The van der Waals surface area contributed by atoms with Crippen molar-refractivity contribution in [2.45, 2.75) is 31.8 Å². The van der Waals surface area contributed by atoms with E-state index in [4.69, 9.17) is 9.73 Å². The number of halogens is 1. The first-order valence-corrected chi connectivity index (χ1v) is 8.78. The number of hydrogen-bond donors (Lipinski definition) is 2. The Bertz CT molecular complexity index is 501. The molecule has 1 saturated carbocycles. The van der Waals surface area contributed by atoms with E-state index in [1.807, 2.05) is 0 Å². The zero-order chi connectivity index (χ0) is 15.9. The zero-order valence-corrected chi connectivity index (χ0v) is 16.7. The molecule has 0 radical (unpaired) electrons. The molecule has 1 saturated heterocycles. The van der Waals surface area contributed by atoms with E-state index >= 15 is 0 Å². The summed E-state index contributed by atoms with van der Waals surface area (Å²) in [6.07, 6.45) is 2.52. The highest BCUT2D eigenvalue weighted by molar-refractivity contribution is 14.0. The van der Waals surface area contributed by atoms with Crippen LogP contribution in [-0.4, -0.2) is 56.3 Å². The van der Waals surface area contributed by atoms with Gasteiger partial charge in [-0.1, -0.05) is 30.3 Å². The summed E-state index contributed by atoms with van der Waals surface area (Å²) < 4.78 is 5.51. The van der Waals surface area contributed by atoms with E-state index in [1.165, 1.54) is 18.4 Å². The number of benzene rings is 1. The predicted molar refractivity (Wildman–Crippen MR) is 109 cm³/mol. The van der Waals surface area contributed by atoms with Crippen molar-refractivity contribution in [3.63, 3.8) is 0 Å². The van der Waals surface area contributed by atoms with Crippen molar-refractivity contribution in [2.75, 3.05) is 39.4 Å². The molecule has 24 heavy (non-hydrogen) atoms. The highest BCUT2D eigenvalue weighted by Gasteiger charge is 2.24. The van der Waals surface area contributed by atoms with Crippen LogP contribution in [-0.2, 0) is 4.74 Å². The first-order chi connectivity index (χ1) is 11.4. The summed E-state index contributed by atoms with van der Waals surface area (Å²) in [6.45, 7) is 7.35. The zero-order valence-electron chi connectivity index (χ0n) is 14.4. The van der Waals surface area contributed by atoms with Crippen LogP contribution < -0.4 is 10.6 Å². The number of rotatable bonds is 6. The number of guanidine groups is 1. The Morgan fingerprint density at radius 1 is 1.25 bits per heavy atom. The third kappa shape index (κ3) is 5.89. The Hall–Kier alpha value is -0.860. The summed E-state index contributed by atoms with van der Waals surface area (Å²) >= 11 is 0. The molecule has 0 bridgehead atoms. The van der Waals surface area contributed by atoms with Crippen LogP contribution in [0.5, 0.6) is 0 Å². The molecule has 1 aromatic carbocycles. The van der Waals surface area contributed by atoms with Crippen molar-refractivity contribution >= 4 is 29.9 Å². The van der Waals surface area contributed by atoms with Crippen LogP contribution in [0.4, 0.5) is 0 Å². The number of hydrogen-bond acceptors (Lipinski definition) is 3. The van der Waals surface area contributed by atoms with Crippen LogP contribution in [0.15, 0.2) is 35.3 Å². The van der Waals surface area contributed by atoms with Crippen molar-refractivity contribution in [2.24, 2.45) is 4.99 Å². The lowest BCUT2D eigenvalue weighted by Crippen LogP contribution is -2.42. The van der Waals surface area contributed by atoms with E-state index in [0.29, 0.717) is 12.1 Å². The van der Waals surface area contributed by atoms with Crippen LogP contribution in [0, 0.1) is 0 Å². The maximum atomic E-state index is 5.51. The van der Waals surface area contributed by atoms with E-state index in [2.05, 4.69) is 52.8 Å². The fourth-order valence-corrected chi connectivity index (χ4v) is 2.91. The Balaban J connectivity index is 0.00000208. The monoisotopic (exact) mass is 444 g/mol. The molecular formula is C18H29IN4O. The van der Waals surface area contributed by atoms with Gasteiger partial charge in [0.25, 0.3) is 0 Å². The first kappa shape index (κ1) is 19.5. The number of morpholine rings is 1. The Kier molecular flexibility index (Phi) is 8.28. The molecule has 0 amide bonds. The molecule has 0 spiro atoms. The highest BCUT2D eigenvalue weighted by atomic mass is 127. The standard InChI is InChI=1S/C18H28N4O.HI/c1-2-19-18(21-16-8-9-16)20-14-17(15-6-4-3-5-7-15)22-10-12-23-13-11-22;/h3-7,16-17H,2,8-14H2,1H3,(H2,19,20,21);1H. The van der Waals surface area contributed by atoms with Gasteiger partial charge in [-0.05, 0) is 25.3 Å². The third-order valence-electron chi connectivity index (χ3n) is 4.36. The number of nitrogens with zero attached hydrogens (tertiary/aromatic N) is 2. The van der Waals surface area contributed by atoms with Gasteiger partial charge < -0.3 is 15.4 Å². The lowest BCUT2D eigenvalue weighted by atomic mass is 10.1. The summed E-state index contributed by atoms with van der Waals surface area (Å²) in [5.41, 5.74) is 1.33. The summed E-state index contributed by atoms with van der Waals surface area (Å²) in [6, 6.07) is 11.6. The van der Waals surface area contributed by atoms with E-state index in [-0.39, 0.29) is 24.0 Å². The van der Waals surface area contributed by atoms with Gasteiger partial charge in [0, 0.05) is 25.7 Å². The van der Waals surface area contributed by atoms with Gasteiger partial charge in [-0.15, -0.1) is 24.0 Å². The molecule has 2 fully saturated rings. The summed E-state index contributed by atoms with van der Waals surface area (Å²) in [4.78, 5) is 7.35. The average Bonchev–Trinajstić information content (AvgIpc) is 3.41. The molecule has 3 rings (SSSR count). The van der Waals surface area contributed by atoms with Gasteiger partial charge in [0.2, 0.25) is 0 Å². The van der Waals surface area contributed by atoms with Crippen molar-refractivity contribution in [3.8, 4) is 0 Å². The first-order valence-electron chi connectivity index (χ1n) is 8.78. The van der Waals surface area contributed by atoms with Gasteiger partial charge in [-0.3, -0.25) is 9.89 Å². The molecule has 0 aromatic heterocycles. The molecule has 1 aromatic rings. The van der Waals surface area contributed by atoms with Gasteiger partial charge in [0.1, 0.15) is 0 Å². The van der Waals surface area contributed by atoms with Crippen molar-refractivity contribution in [3.05, 3.63) is 35.9 Å². The van der Waals surface area contributed by atoms with E-state index < -0.39 is 0 Å². The molecular weight excluding hydrogens is 415 g/mol. The average molecular weight is 444 g/mol. The molecule has 1 atom stereocenters. The second-order valence-corrected chi connectivity index (χ2v) is 6.21. The minimum atomic E-state index is 0. The van der Waals surface area contributed by atoms with Gasteiger partial charge in [-0.25, -0.2) is 0 Å². The van der Waals surface area contributed by atoms with Crippen molar-refractivity contribution in [1.82, 2.24) is 15.5 Å².